The van der Waals surface area contributed by atoms with Gasteiger partial charge in [-0.3, -0.25) is 4.79 Å². The minimum absolute atomic E-state index is 0.00116. The van der Waals surface area contributed by atoms with Crippen molar-refractivity contribution in [3.63, 3.8) is 0 Å². The zero-order valence-corrected chi connectivity index (χ0v) is 27.4. The van der Waals surface area contributed by atoms with Crippen molar-refractivity contribution in [1.82, 2.24) is 5.32 Å². The molecule has 39 heavy (non-hydrogen) atoms. The Bertz CT molecular complexity index is 912. The molecule has 1 aromatic rings. The molecule has 4 N–H and O–H groups in total. The number of aliphatic carboxylic acids is 1. The first kappa shape index (κ1) is 35.3. The number of alkyl carbamates (subject to hydrolysis) is 1. The predicted octanol–water partition coefficient (Wildman–Crippen LogP) is 5.14. The average molecular weight is 586 g/mol. The summed E-state index contributed by atoms with van der Waals surface area (Å²) >= 11 is 0. The molecule has 1 amide bonds. The van der Waals surface area contributed by atoms with Gasteiger partial charge in [0.2, 0.25) is 0 Å². The molecule has 0 saturated carbocycles. The van der Waals surface area contributed by atoms with Gasteiger partial charge in [-0.15, -0.1) is 0 Å². The molecule has 1 aromatic carbocycles. The van der Waals surface area contributed by atoms with E-state index in [1.165, 1.54) is 0 Å². The van der Waals surface area contributed by atoms with Gasteiger partial charge in [0.05, 0.1) is 31.3 Å². The van der Waals surface area contributed by atoms with Crippen molar-refractivity contribution < 1.29 is 38.5 Å². The Morgan fingerprint density at radius 3 is 1.79 bits per heavy atom. The van der Waals surface area contributed by atoms with Crippen LogP contribution in [-0.4, -0.2) is 75.5 Å². The highest BCUT2D eigenvalue weighted by Gasteiger charge is 2.43. The van der Waals surface area contributed by atoms with Gasteiger partial charge in [0.1, 0.15) is 6.61 Å². The van der Waals surface area contributed by atoms with Crippen LogP contribution in [0.4, 0.5) is 4.79 Å². The van der Waals surface area contributed by atoms with Gasteiger partial charge >= 0.3 is 12.1 Å². The van der Waals surface area contributed by atoms with E-state index >= 15 is 0 Å². The normalized spacial score (nSPS) is 16.2. The van der Waals surface area contributed by atoms with Gasteiger partial charge in [0, 0.05) is 12.5 Å². The van der Waals surface area contributed by atoms with Crippen LogP contribution in [0.5, 0.6) is 0 Å². The van der Waals surface area contributed by atoms with Crippen LogP contribution < -0.4 is 5.32 Å². The van der Waals surface area contributed by atoms with E-state index in [-0.39, 0.29) is 29.9 Å². The maximum absolute atomic E-state index is 12.8. The number of benzene rings is 1. The van der Waals surface area contributed by atoms with Gasteiger partial charge < -0.3 is 34.2 Å². The summed E-state index contributed by atoms with van der Waals surface area (Å²) in [6.07, 6.45) is -4.10. The number of carbonyl (C=O) groups excluding carboxylic acids is 1. The smallest absolute Gasteiger partial charge is 0.407 e. The van der Waals surface area contributed by atoms with Crippen LogP contribution in [0.3, 0.4) is 0 Å². The lowest BCUT2D eigenvalue weighted by Gasteiger charge is -2.41. The first-order valence-electron chi connectivity index (χ1n) is 13.5. The van der Waals surface area contributed by atoms with Crippen LogP contribution in [0.1, 0.15) is 53.5 Å². The van der Waals surface area contributed by atoms with Gasteiger partial charge in [-0.2, -0.15) is 0 Å². The van der Waals surface area contributed by atoms with Crippen molar-refractivity contribution in [2.24, 2.45) is 5.92 Å². The summed E-state index contributed by atoms with van der Waals surface area (Å²) in [5.41, 5.74) is 0.774. The molecule has 224 valence electrons. The number of hydrogen-bond acceptors (Lipinski definition) is 7. The van der Waals surface area contributed by atoms with E-state index in [0.717, 1.165) is 5.56 Å². The molecular weight excluding hydrogens is 534 g/mol. The Hall–Kier alpha value is -1.77. The van der Waals surface area contributed by atoms with Crippen LogP contribution >= 0.6 is 0 Å². The van der Waals surface area contributed by atoms with Gasteiger partial charge in [-0.1, -0.05) is 71.9 Å². The molecule has 0 unspecified atom stereocenters. The Morgan fingerprint density at radius 2 is 1.33 bits per heavy atom. The van der Waals surface area contributed by atoms with Crippen molar-refractivity contribution in [2.45, 2.75) is 109 Å². The van der Waals surface area contributed by atoms with E-state index < -0.39 is 59.3 Å². The summed E-state index contributed by atoms with van der Waals surface area (Å²) in [5, 5.41) is 34.1. The number of carboxylic acid groups (broad SMARTS) is 1. The molecular formula is C28H51NO8Si2. The van der Waals surface area contributed by atoms with Crippen LogP contribution in [-0.2, 0) is 25.0 Å². The van der Waals surface area contributed by atoms with Crippen molar-refractivity contribution in [3.05, 3.63) is 35.9 Å². The molecule has 11 heteroatoms. The van der Waals surface area contributed by atoms with Crippen molar-refractivity contribution in [1.29, 1.82) is 0 Å². The zero-order chi connectivity index (χ0) is 30.2. The quantitative estimate of drug-likeness (QED) is 0.221. The van der Waals surface area contributed by atoms with Crippen molar-refractivity contribution in [2.75, 3.05) is 13.2 Å². The summed E-state index contributed by atoms with van der Waals surface area (Å²) in [7, 11) is -4.53. The largest absolute Gasteiger partial charge is 0.481 e. The number of aliphatic hydroxyl groups excluding tert-OH is 2. The summed E-state index contributed by atoms with van der Waals surface area (Å²) in [6.45, 7) is 20.7. The standard InChI is InChI=1S/C28H51NO8Si2/c1-27(2,3)38(7,8)36-18-21(23(31)19-37-39(9,10)28(4,5)6)25(22(30)16-24(32)33)29-26(34)35-17-20-14-12-11-13-15-20/h11-15,21-23,25,30-31H,16-19H2,1-10H3,(H,29,34)(H,32,33)/t21-,22+,23+,25+/m0/s1. The number of hydrogen-bond donors (Lipinski definition) is 4. The number of nitrogens with one attached hydrogen (secondary N) is 1. The molecule has 1 rings (SSSR count). The lowest BCUT2D eigenvalue weighted by atomic mass is 9.89. The average Bonchev–Trinajstić information content (AvgIpc) is 2.79. The molecule has 0 radical (unpaired) electrons. The molecule has 0 aliphatic rings. The highest BCUT2D eigenvalue weighted by molar-refractivity contribution is 6.74. The van der Waals surface area contributed by atoms with Crippen molar-refractivity contribution in [3.8, 4) is 0 Å². The Balaban J connectivity index is 3.27. The molecule has 0 heterocycles. The second-order valence-electron chi connectivity index (χ2n) is 13.3. The Kier molecular flexibility index (Phi) is 12.9. The molecule has 0 saturated heterocycles. The third-order valence-corrected chi connectivity index (χ3v) is 17.1. The van der Waals surface area contributed by atoms with E-state index in [9.17, 15) is 24.9 Å². The third kappa shape index (κ3) is 11.3. The topological polar surface area (TPSA) is 135 Å². The number of carbonyl (C=O) groups is 2. The second kappa shape index (κ2) is 14.2. The van der Waals surface area contributed by atoms with Crippen LogP contribution in [0.15, 0.2) is 30.3 Å². The summed E-state index contributed by atoms with van der Waals surface area (Å²) in [5.74, 6) is -2.09. The van der Waals surface area contributed by atoms with E-state index in [1.54, 1.807) is 0 Å². The first-order chi connectivity index (χ1) is 17.7. The van der Waals surface area contributed by atoms with Gasteiger partial charge in [-0.25, -0.2) is 4.79 Å². The summed E-state index contributed by atoms with van der Waals surface area (Å²) < 4.78 is 18.0. The summed E-state index contributed by atoms with van der Waals surface area (Å²) in [6, 6.07) is 7.95. The maximum Gasteiger partial charge on any atom is 0.407 e. The number of amides is 1. The summed E-state index contributed by atoms with van der Waals surface area (Å²) in [4.78, 5) is 24.3. The minimum atomic E-state index is -2.30. The van der Waals surface area contributed by atoms with E-state index in [0.29, 0.717) is 0 Å². The molecule has 0 aliphatic carbocycles. The number of ether oxygens (including phenoxy) is 1. The van der Waals surface area contributed by atoms with E-state index in [1.807, 2.05) is 30.3 Å². The SMILES string of the molecule is CC(C)(C)[Si](C)(C)OC[C@H]([C@@H](NC(=O)OCc1ccccc1)[C@H](O)CC(=O)O)[C@H](O)CO[Si](C)(C)C(C)(C)C. The first-order valence-corrected chi connectivity index (χ1v) is 19.3. The molecule has 0 aromatic heterocycles. The zero-order valence-electron chi connectivity index (χ0n) is 25.4. The van der Waals surface area contributed by atoms with Gasteiger partial charge in [-0.05, 0) is 41.8 Å². The van der Waals surface area contributed by atoms with E-state index in [2.05, 4.69) is 73.0 Å². The molecule has 0 fully saturated rings. The predicted molar refractivity (Wildman–Crippen MR) is 158 cm³/mol. The Morgan fingerprint density at radius 1 is 0.846 bits per heavy atom. The molecule has 4 atom stereocenters. The van der Waals surface area contributed by atoms with Gasteiger partial charge in [0.25, 0.3) is 0 Å². The minimum Gasteiger partial charge on any atom is -0.481 e. The van der Waals surface area contributed by atoms with Gasteiger partial charge in [0.15, 0.2) is 16.6 Å². The highest BCUT2D eigenvalue weighted by atomic mass is 28.4. The van der Waals surface area contributed by atoms with Crippen LogP contribution in [0, 0.1) is 5.92 Å². The van der Waals surface area contributed by atoms with Crippen molar-refractivity contribution >= 4 is 28.7 Å². The highest BCUT2D eigenvalue weighted by Crippen LogP contribution is 2.38. The molecule has 0 bridgehead atoms. The molecule has 0 spiro atoms. The van der Waals surface area contributed by atoms with E-state index in [4.69, 9.17) is 13.6 Å². The number of rotatable bonds is 14. The monoisotopic (exact) mass is 585 g/mol. The number of carboxylic acids is 1. The molecule has 0 aliphatic heterocycles. The Labute approximate surface area is 236 Å². The molecule has 9 nitrogen and oxygen atoms in total. The lowest BCUT2D eigenvalue weighted by Crippen LogP contribution is -2.56. The van der Waals surface area contributed by atoms with Crippen LogP contribution in [0.25, 0.3) is 0 Å². The fourth-order valence-electron chi connectivity index (χ4n) is 3.30. The fraction of sp³-hybridized carbons (Fsp3) is 0.714. The second-order valence-corrected chi connectivity index (χ2v) is 22.9. The number of aliphatic hydroxyl groups is 2. The fourth-order valence-corrected chi connectivity index (χ4v) is 5.37. The van der Waals surface area contributed by atoms with Crippen LogP contribution in [0.2, 0.25) is 36.3 Å². The lowest BCUT2D eigenvalue weighted by molar-refractivity contribution is -0.140. The maximum atomic E-state index is 12.8. The third-order valence-electron chi connectivity index (χ3n) is 8.11.